The molecule has 0 amide bonds. The molecule has 37 heavy (non-hydrogen) atoms. The van der Waals surface area contributed by atoms with Crippen molar-refractivity contribution in [3.05, 3.63) is 88.0 Å². The lowest BCUT2D eigenvalue weighted by Gasteiger charge is -2.26. The van der Waals surface area contributed by atoms with Crippen LogP contribution in [-0.2, 0) is 9.59 Å². The van der Waals surface area contributed by atoms with Gasteiger partial charge in [0.15, 0.2) is 5.78 Å². The van der Waals surface area contributed by atoms with Crippen molar-refractivity contribution in [2.24, 2.45) is 5.92 Å². The zero-order valence-corrected chi connectivity index (χ0v) is 22.3. The lowest BCUT2D eigenvalue weighted by atomic mass is 9.80. The molecular weight excluding hydrogens is 468 g/mol. The molecule has 0 heterocycles. The minimum Gasteiger partial charge on any atom is -0.496 e. The van der Waals surface area contributed by atoms with E-state index in [9.17, 15) is 9.59 Å². The second-order valence-electron chi connectivity index (χ2n) is 9.32. The van der Waals surface area contributed by atoms with Crippen molar-refractivity contribution in [1.29, 1.82) is 0 Å². The van der Waals surface area contributed by atoms with Crippen LogP contribution in [0.25, 0.3) is 5.57 Å². The van der Waals surface area contributed by atoms with Gasteiger partial charge >= 0.3 is 5.97 Å². The smallest absolute Gasteiger partial charge is 0.323 e. The molecule has 0 saturated heterocycles. The summed E-state index contributed by atoms with van der Waals surface area (Å²) in [5.74, 6) is -0.784. The highest BCUT2D eigenvalue weighted by Gasteiger charge is 2.49. The summed E-state index contributed by atoms with van der Waals surface area (Å²) in [6.07, 6.45) is 0. The van der Waals surface area contributed by atoms with Gasteiger partial charge in [0.2, 0.25) is 0 Å². The molecule has 4 rings (SSSR count). The van der Waals surface area contributed by atoms with Gasteiger partial charge in [0, 0.05) is 23.6 Å². The third-order valence-corrected chi connectivity index (χ3v) is 6.91. The number of rotatable bonds is 7. The number of aryl methyl sites for hydroxylation is 3. The third-order valence-electron chi connectivity index (χ3n) is 6.91. The van der Waals surface area contributed by atoms with Crippen molar-refractivity contribution in [3.63, 3.8) is 0 Å². The Hall–Kier alpha value is -4.06. The molecule has 0 fully saturated rings. The number of allylic oxidation sites excluding steroid dienone is 2. The van der Waals surface area contributed by atoms with Crippen molar-refractivity contribution in [1.82, 2.24) is 0 Å². The van der Waals surface area contributed by atoms with Crippen LogP contribution in [0.15, 0.2) is 60.2 Å². The highest BCUT2D eigenvalue weighted by molar-refractivity contribution is 6.19. The van der Waals surface area contributed by atoms with E-state index >= 15 is 0 Å². The van der Waals surface area contributed by atoms with Crippen molar-refractivity contribution in [2.75, 3.05) is 21.3 Å². The van der Waals surface area contributed by atoms with E-state index < -0.39 is 17.8 Å². The molecule has 0 aromatic heterocycles. The molecule has 6 nitrogen and oxygen atoms in total. The van der Waals surface area contributed by atoms with Crippen molar-refractivity contribution in [3.8, 4) is 23.0 Å². The highest BCUT2D eigenvalue weighted by Crippen LogP contribution is 2.53. The first-order chi connectivity index (χ1) is 17.7. The van der Waals surface area contributed by atoms with Gasteiger partial charge in [-0.15, -0.1) is 0 Å². The predicted octanol–water partition coefficient (Wildman–Crippen LogP) is 6.00. The Morgan fingerprint density at radius 3 is 1.86 bits per heavy atom. The molecule has 0 radical (unpaired) electrons. The molecule has 0 aliphatic heterocycles. The number of hydrogen-bond acceptors (Lipinski definition) is 6. The van der Waals surface area contributed by atoms with E-state index in [1.54, 1.807) is 40.4 Å². The van der Waals surface area contributed by atoms with Crippen LogP contribution in [0.3, 0.4) is 0 Å². The van der Waals surface area contributed by atoms with Crippen molar-refractivity contribution >= 4 is 17.3 Å². The van der Waals surface area contributed by atoms with E-state index in [2.05, 4.69) is 0 Å². The molecule has 192 valence electrons. The van der Waals surface area contributed by atoms with Crippen LogP contribution < -0.4 is 18.9 Å². The summed E-state index contributed by atoms with van der Waals surface area (Å²) in [5.41, 5.74) is 5.43. The number of esters is 1. The topological polar surface area (TPSA) is 71.1 Å². The standard InChI is InChI=1S/C31H32O6/c1-17-13-18(2)30(19(3)14-17)37-31(33)28-27(25(20(4)29(28)32)21-11-9-8-10-12-21)26-23(35-6)15-22(34-5)16-24(26)36-7/h8-16,27-28H,1-7H3/t27-,28-/m0/s1. The highest BCUT2D eigenvalue weighted by atomic mass is 16.5. The summed E-state index contributed by atoms with van der Waals surface area (Å²) < 4.78 is 22.9. The Bertz CT molecular complexity index is 1340. The summed E-state index contributed by atoms with van der Waals surface area (Å²) in [4.78, 5) is 27.7. The molecule has 3 aromatic rings. The lowest BCUT2D eigenvalue weighted by molar-refractivity contribution is -0.142. The van der Waals surface area contributed by atoms with Gasteiger partial charge in [-0.25, -0.2) is 0 Å². The van der Waals surface area contributed by atoms with Crippen LogP contribution in [0.4, 0.5) is 0 Å². The minimum atomic E-state index is -1.12. The SMILES string of the molecule is COc1cc(OC)c([C@@H]2C(c3ccccc3)=C(C)C(=O)[C@H]2C(=O)Oc2c(C)cc(C)cc2C)c(OC)c1. The van der Waals surface area contributed by atoms with Gasteiger partial charge in [0.1, 0.15) is 28.9 Å². The fourth-order valence-corrected chi connectivity index (χ4v) is 5.32. The predicted molar refractivity (Wildman–Crippen MR) is 143 cm³/mol. The largest absolute Gasteiger partial charge is 0.496 e. The number of hydrogen-bond donors (Lipinski definition) is 0. The number of carbonyl (C=O) groups excluding carboxylic acids is 2. The number of ketones is 1. The minimum absolute atomic E-state index is 0.281. The molecule has 2 atom stereocenters. The Labute approximate surface area is 217 Å². The quantitative estimate of drug-likeness (QED) is 0.225. The summed E-state index contributed by atoms with van der Waals surface area (Å²) in [6.45, 7) is 7.54. The molecular formula is C31H32O6. The first kappa shape index (κ1) is 26.0. The summed E-state index contributed by atoms with van der Waals surface area (Å²) >= 11 is 0. The Balaban J connectivity index is 1.92. The molecule has 1 aliphatic rings. The van der Waals surface area contributed by atoms with Gasteiger partial charge < -0.3 is 18.9 Å². The van der Waals surface area contributed by atoms with Crippen molar-refractivity contribution in [2.45, 2.75) is 33.6 Å². The summed E-state index contributed by atoms with van der Waals surface area (Å²) in [6, 6.07) is 17.0. The second-order valence-corrected chi connectivity index (χ2v) is 9.32. The average Bonchev–Trinajstić information content (AvgIpc) is 3.15. The molecule has 0 bridgehead atoms. The van der Waals surface area contributed by atoms with Crippen LogP contribution >= 0.6 is 0 Å². The number of benzene rings is 3. The van der Waals surface area contributed by atoms with Gasteiger partial charge in [0.05, 0.1) is 21.3 Å². The second kappa shape index (κ2) is 10.5. The van der Waals surface area contributed by atoms with E-state index in [1.807, 2.05) is 63.2 Å². The summed E-state index contributed by atoms with van der Waals surface area (Å²) in [5, 5.41) is 0. The van der Waals surface area contributed by atoms with Gasteiger partial charge in [-0.1, -0.05) is 48.0 Å². The number of ether oxygens (including phenoxy) is 4. The van der Waals surface area contributed by atoms with E-state index in [0.29, 0.717) is 34.1 Å². The van der Waals surface area contributed by atoms with Crippen molar-refractivity contribution < 1.29 is 28.5 Å². The van der Waals surface area contributed by atoms with Crippen LogP contribution in [0.2, 0.25) is 0 Å². The van der Waals surface area contributed by atoms with Gasteiger partial charge in [-0.05, 0) is 55.5 Å². The van der Waals surface area contributed by atoms with Crippen LogP contribution in [0.5, 0.6) is 23.0 Å². The molecule has 1 aliphatic carbocycles. The van der Waals surface area contributed by atoms with Gasteiger partial charge in [-0.2, -0.15) is 0 Å². The van der Waals surface area contributed by atoms with Crippen LogP contribution in [-0.4, -0.2) is 33.1 Å². The number of methoxy groups -OCH3 is 3. The number of carbonyl (C=O) groups is 2. The maximum Gasteiger partial charge on any atom is 0.323 e. The average molecular weight is 501 g/mol. The number of Topliss-reactive ketones (excluding diaryl/α,β-unsaturated/α-hetero) is 1. The first-order valence-corrected chi connectivity index (χ1v) is 12.1. The van der Waals surface area contributed by atoms with Gasteiger partial charge in [-0.3, -0.25) is 9.59 Å². The molecule has 6 heteroatoms. The van der Waals surface area contributed by atoms with E-state index in [4.69, 9.17) is 18.9 Å². The summed E-state index contributed by atoms with van der Waals surface area (Å²) in [7, 11) is 4.64. The zero-order chi connectivity index (χ0) is 26.9. The molecule has 0 unspecified atom stereocenters. The van der Waals surface area contributed by atoms with Gasteiger partial charge in [0.25, 0.3) is 0 Å². The Morgan fingerprint density at radius 2 is 1.35 bits per heavy atom. The van der Waals surface area contributed by atoms with E-state index in [1.165, 1.54) is 0 Å². The Morgan fingerprint density at radius 1 is 0.784 bits per heavy atom. The van der Waals surface area contributed by atoms with Crippen LogP contribution in [0, 0.1) is 26.7 Å². The van der Waals surface area contributed by atoms with E-state index in [-0.39, 0.29) is 5.78 Å². The lowest BCUT2D eigenvalue weighted by Crippen LogP contribution is -2.30. The monoisotopic (exact) mass is 500 g/mol. The molecule has 3 aromatic carbocycles. The normalized spacial score (nSPS) is 17.1. The van der Waals surface area contributed by atoms with Crippen LogP contribution in [0.1, 0.15) is 40.7 Å². The fourth-order valence-electron chi connectivity index (χ4n) is 5.32. The molecule has 0 N–H and O–H groups in total. The maximum atomic E-state index is 13.9. The molecule has 0 saturated carbocycles. The van der Waals surface area contributed by atoms with E-state index in [0.717, 1.165) is 27.8 Å². The zero-order valence-electron chi connectivity index (χ0n) is 22.3. The first-order valence-electron chi connectivity index (χ1n) is 12.1. The maximum absolute atomic E-state index is 13.9. The Kier molecular flexibility index (Phi) is 7.39. The third kappa shape index (κ3) is 4.71. The fraction of sp³-hybridized carbons (Fsp3) is 0.290. The molecule has 0 spiro atoms.